The van der Waals surface area contributed by atoms with E-state index >= 15 is 0 Å². The highest BCUT2D eigenvalue weighted by Crippen LogP contribution is 2.38. The molecule has 0 heterocycles. The highest BCUT2D eigenvalue weighted by molar-refractivity contribution is 5.90. The van der Waals surface area contributed by atoms with E-state index in [4.69, 9.17) is 0 Å². The number of para-hydroxylation sites is 1. The zero-order chi connectivity index (χ0) is 26.3. The monoisotopic (exact) mass is 494 g/mol. The number of hydrogen-bond donors (Lipinski definition) is 0. The van der Waals surface area contributed by atoms with Crippen molar-refractivity contribution >= 4 is 44.8 Å². The Morgan fingerprint density at radius 3 is 1.95 bits per heavy atom. The summed E-state index contributed by atoms with van der Waals surface area (Å²) >= 11 is 0. The van der Waals surface area contributed by atoms with Gasteiger partial charge in [0.05, 0.1) is 0 Å². The number of benzene rings is 5. The average Bonchev–Trinajstić information content (AvgIpc) is 2.98. The van der Waals surface area contributed by atoms with Gasteiger partial charge in [-0.05, 0) is 95.9 Å². The molecule has 2 nitrogen and oxygen atoms in total. The molecule has 38 heavy (non-hydrogen) atoms. The second-order valence-electron chi connectivity index (χ2n) is 9.40. The molecule has 0 aliphatic heterocycles. The van der Waals surface area contributed by atoms with Crippen molar-refractivity contribution in [3.05, 3.63) is 145 Å². The number of allylic oxidation sites excluding steroid dienone is 4. The van der Waals surface area contributed by atoms with Crippen molar-refractivity contribution in [1.82, 2.24) is 0 Å². The lowest BCUT2D eigenvalue weighted by molar-refractivity contribution is 1.20. The maximum atomic E-state index is 2.35. The molecular weight excluding hydrogens is 460 g/mol. The van der Waals surface area contributed by atoms with Crippen LogP contribution in [0.25, 0.3) is 16.3 Å². The summed E-state index contributed by atoms with van der Waals surface area (Å²) in [6.45, 7) is 4.26. The summed E-state index contributed by atoms with van der Waals surface area (Å²) in [6.07, 6.45) is 7.58. The van der Waals surface area contributed by atoms with Crippen LogP contribution in [-0.4, -0.2) is 7.05 Å². The first-order valence-corrected chi connectivity index (χ1v) is 13.3. The molecule has 0 saturated heterocycles. The first-order valence-electron chi connectivity index (χ1n) is 13.3. The van der Waals surface area contributed by atoms with Crippen molar-refractivity contribution in [3.63, 3.8) is 0 Å². The van der Waals surface area contributed by atoms with Crippen LogP contribution in [0.1, 0.15) is 25.8 Å². The van der Waals surface area contributed by atoms with Crippen LogP contribution in [0.15, 0.2) is 140 Å². The van der Waals surface area contributed by atoms with Crippen molar-refractivity contribution in [2.45, 2.75) is 20.3 Å². The lowest BCUT2D eigenvalue weighted by Crippen LogP contribution is -2.12. The lowest BCUT2D eigenvalue weighted by atomic mass is 10.0. The molecule has 5 aromatic rings. The first kappa shape index (κ1) is 25.1. The Balaban J connectivity index is 1.60. The van der Waals surface area contributed by atoms with Crippen molar-refractivity contribution < 1.29 is 0 Å². The summed E-state index contributed by atoms with van der Waals surface area (Å²) in [5.41, 5.74) is 8.16. The Morgan fingerprint density at radius 2 is 1.21 bits per heavy atom. The van der Waals surface area contributed by atoms with Gasteiger partial charge in [-0.3, -0.25) is 0 Å². The molecule has 5 rings (SSSR count). The Labute approximate surface area is 226 Å². The Hall–Kier alpha value is -4.56. The molecule has 0 N–H and O–H groups in total. The van der Waals surface area contributed by atoms with Gasteiger partial charge in [0.25, 0.3) is 0 Å². The molecule has 0 spiro atoms. The van der Waals surface area contributed by atoms with E-state index in [0.717, 1.165) is 29.2 Å². The zero-order valence-corrected chi connectivity index (χ0v) is 22.4. The molecule has 0 unspecified atom stereocenters. The van der Waals surface area contributed by atoms with Crippen LogP contribution in [0.3, 0.4) is 0 Å². The second-order valence-corrected chi connectivity index (χ2v) is 9.40. The normalized spacial score (nSPS) is 11.7. The molecule has 0 saturated carbocycles. The maximum absolute atomic E-state index is 2.35. The molecule has 0 aromatic heterocycles. The minimum absolute atomic E-state index is 0.995. The van der Waals surface area contributed by atoms with Gasteiger partial charge in [-0.2, -0.15) is 0 Å². The molecule has 0 bridgehead atoms. The van der Waals surface area contributed by atoms with Crippen LogP contribution in [-0.2, 0) is 0 Å². The Bertz CT molecular complexity index is 1560. The maximum Gasteiger partial charge on any atom is 0.0468 e. The van der Waals surface area contributed by atoms with Crippen LogP contribution in [0.4, 0.5) is 28.4 Å². The second kappa shape index (κ2) is 11.7. The van der Waals surface area contributed by atoms with E-state index in [-0.39, 0.29) is 0 Å². The number of hydrogen-bond acceptors (Lipinski definition) is 2. The van der Waals surface area contributed by atoms with Crippen molar-refractivity contribution in [1.29, 1.82) is 0 Å². The Kier molecular flexibility index (Phi) is 7.70. The molecule has 188 valence electrons. The molecule has 5 aromatic carbocycles. The van der Waals surface area contributed by atoms with Crippen molar-refractivity contribution in [2.75, 3.05) is 16.8 Å². The predicted octanol–water partition coefficient (Wildman–Crippen LogP) is 10.4. The minimum Gasteiger partial charge on any atom is -0.345 e. The molecule has 0 aliphatic carbocycles. The van der Waals surface area contributed by atoms with E-state index in [0.29, 0.717) is 0 Å². The van der Waals surface area contributed by atoms with Gasteiger partial charge in [-0.15, -0.1) is 0 Å². The van der Waals surface area contributed by atoms with Gasteiger partial charge in [-0.25, -0.2) is 0 Å². The summed E-state index contributed by atoms with van der Waals surface area (Å²) in [5, 5.41) is 2.47. The third-order valence-electron chi connectivity index (χ3n) is 6.84. The van der Waals surface area contributed by atoms with Gasteiger partial charge in [0.15, 0.2) is 0 Å². The van der Waals surface area contributed by atoms with Crippen LogP contribution in [0, 0.1) is 0 Å². The molecule has 0 atom stereocenters. The van der Waals surface area contributed by atoms with Crippen LogP contribution in [0.2, 0.25) is 0 Å². The number of fused-ring (bicyclic) bond motifs is 1. The van der Waals surface area contributed by atoms with Gasteiger partial charge >= 0.3 is 0 Å². The minimum atomic E-state index is 0.995. The molecule has 2 heteroatoms. The van der Waals surface area contributed by atoms with Crippen molar-refractivity contribution in [2.24, 2.45) is 0 Å². The van der Waals surface area contributed by atoms with Crippen LogP contribution in [0.5, 0.6) is 0 Å². The van der Waals surface area contributed by atoms with Crippen molar-refractivity contribution in [3.8, 4) is 0 Å². The number of rotatable bonds is 8. The van der Waals surface area contributed by atoms with E-state index in [1.165, 1.54) is 27.6 Å². The smallest absolute Gasteiger partial charge is 0.0468 e. The third-order valence-corrected chi connectivity index (χ3v) is 6.84. The molecular formula is C36H34N2. The third kappa shape index (κ3) is 5.40. The van der Waals surface area contributed by atoms with Gasteiger partial charge in [0, 0.05) is 35.5 Å². The highest BCUT2D eigenvalue weighted by atomic mass is 15.1. The molecule has 0 fully saturated rings. The largest absolute Gasteiger partial charge is 0.345 e. The quantitative estimate of drug-likeness (QED) is 0.198. The van der Waals surface area contributed by atoms with E-state index in [1.807, 2.05) is 6.07 Å². The standard InChI is InChI=1S/C36H34N2/c1-4-12-28(13-5-2)31-16-11-19-35(26-31)38(36-21-20-29-14-9-10-15-30(29)27-36)34-24-22-33(23-25-34)37(3)32-17-7-6-8-18-32/h4,6-27H,5H2,1-3H3/b12-4-,28-13+. The first-order chi connectivity index (χ1) is 18.7. The molecule has 0 amide bonds. The van der Waals surface area contributed by atoms with Crippen LogP contribution >= 0.6 is 0 Å². The highest BCUT2D eigenvalue weighted by Gasteiger charge is 2.15. The van der Waals surface area contributed by atoms with Crippen LogP contribution < -0.4 is 9.80 Å². The number of anilines is 5. The van der Waals surface area contributed by atoms with E-state index in [2.05, 4.69) is 164 Å². The summed E-state index contributed by atoms with van der Waals surface area (Å²) in [5.74, 6) is 0. The topological polar surface area (TPSA) is 6.48 Å². The molecule has 0 aliphatic rings. The summed E-state index contributed by atoms with van der Waals surface area (Å²) < 4.78 is 0. The van der Waals surface area contributed by atoms with Gasteiger partial charge in [-0.1, -0.05) is 85.8 Å². The van der Waals surface area contributed by atoms with E-state index in [9.17, 15) is 0 Å². The SMILES string of the molecule is C/C=C\C(=C/CC)c1cccc(N(c2ccc(N(C)c3ccccc3)cc2)c2ccc3ccccc3c2)c1. The fourth-order valence-electron chi connectivity index (χ4n) is 4.90. The van der Waals surface area contributed by atoms with E-state index in [1.54, 1.807) is 0 Å². The predicted molar refractivity (Wildman–Crippen MR) is 166 cm³/mol. The summed E-state index contributed by atoms with van der Waals surface area (Å²) in [4.78, 5) is 4.56. The fraction of sp³-hybridized carbons (Fsp3) is 0.111. The molecule has 0 radical (unpaired) electrons. The average molecular weight is 495 g/mol. The van der Waals surface area contributed by atoms with Gasteiger partial charge in [0.1, 0.15) is 0 Å². The number of nitrogens with zero attached hydrogens (tertiary/aromatic N) is 2. The van der Waals surface area contributed by atoms with Gasteiger partial charge < -0.3 is 9.80 Å². The zero-order valence-electron chi connectivity index (χ0n) is 22.4. The summed E-state index contributed by atoms with van der Waals surface area (Å²) in [7, 11) is 2.11. The lowest BCUT2D eigenvalue weighted by Gasteiger charge is -2.27. The van der Waals surface area contributed by atoms with E-state index < -0.39 is 0 Å². The Morgan fingerprint density at radius 1 is 0.605 bits per heavy atom. The van der Waals surface area contributed by atoms with Gasteiger partial charge in [0.2, 0.25) is 0 Å². The fourth-order valence-corrected chi connectivity index (χ4v) is 4.90. The summed E-state index contributed by atoms with van der Waals surface area (Å²) in [6, 6.07) is 43.4.